The van der Waals surface area contributed by atoms with E-state index in [9.17, 15) is 53.1 Å². The Labute approximate surface area is 156 Å². The first kappa shape index (κ1) is 26.7. The molecule has 0 saturated heterocycles. The third-order valence-corrected chi connectivity index (χ3v) is 3.60. The molecule has 1 unspecified atom stereocenters. The topological polar surface area (TPSA) is 119 Å². The van der Waals surface area contributed by atoms with Gasteiger partial charge in [-0.25, -0.2) is 4.79 Å². The van der Waals surface area contributed by atoms with Gasteiger partial charge in [-0.3, -0.25) is 9.35 Å². The zero-order valence-corrected chi connectivity index (χ0v) is 14.6. The molecule has 0 radical (unpaired) electrons. The van der Waals surface area contributed by atoms with Crippen molar-refractivity contribution in [2.24, 2.45) is 0 Å². The van der Waals surface area contributed by atoms with Crippen LogP contribution < -0.4 is 5.32 Å². The average Bonchev–Trinajstić information content (AvgIpc) is 2.52. The molecule has 0 heterocycles. The molecule has 1 amide bonds. The highest BCUT2D eigenvalue weighted by Gasteiger charge is 2.68. The highest BCUT2D eigenvalue weighted by molar-refractivity contribution is 7.86. The number of nitrogens with one attached hydrogen (secondary N) is 1. The largest absolute Gasteiger partial charge is 0.466 e. The molecule has 0 rings (SSSR count). The van der Waals surface area contributed by atoms with Crippen LogP contribution in [0.5, 0.6) is 0 Å². The van der Waals surface area contributed by atoms with Crippen LogP contribution in [0.4, 0.5) is 35.1 Å². The average molecular weight is 465 g/mol. The van der Waals surface area contributed by atoms with E-state index in [1.165, 1.54) is 5.32 Å². The van der Waals surface area contributed by atoms with Gasteiger partial charge in [-0.2, -0.15) is 43.5 Å². The molecule has 2 N–H and O–H groups in total. The number of carbonyl (C=O) groups excluding carboxylic acids is 2. The Bertz CT molecular complexity index is 774. The number of hydrogen-bond donors (Lipinski definition) is 2. The number of alkyl halides is 8. The number of rotatable bonds is 9. The van der Waals surface area contributed by atoms with Gasteiger partial charge in [0.2, 0.25) is 0 Å². The van der Waals surface area contributed by atoms with Gasteiger partial charge in [-0.1, -0.05) is 12.7 Å². The van der Waals surface area contributed by atoms with Crippen molar-refractivity contribution in [1.29, 1.82) is 0 Å². The first-order valence-electron chi connectivity index (χ1n) is 6.67. The van der Waals surface area contributed by atoms with Crippen LogP contribution in [0.15, 0.2) is 24.8 Å². The lowest BCUT2D eigenvalue weighted by Crippen LogP contribution is -2.63. The van der Waals surface area contributed by atoms with E-state index < -0.39 is 64.1 Å². The second-order valence-electron chi connectivity index (χ2n) is 4.88. The number of hydrogen-bond acceptors (Lipinski definition) is 6. The van der Waals surface area contributed by atoms with Crippen molar-refractivity contribution in [3.8, 4) is 0 Å². The van der Waals surface area contributed by atoms with Crippen molar-refractivity contribution < 1.29 is 67.2 Å². The zero-order valence-electron chi connectivity index (χ0n) is 13.7. The van der Waals surface area contributed by atoms with Crippen LogP contribution in [0.3, 0.4) is 0 Å². The maximum absolute atomic E-state index is 13.4. The summed E-state index contributed by atoms with van der Waals surface area (Å²) in [5.41, 5.74) is -2.58. The van der Waals surface area contributed by atoms with Gasteiger partial charge in [-0.15, -0.1) is 6.58 Å². The monoisotopic (exact) mass is 465 g/mol. The SMILES string of the molecule is C=CCNC(=O)C(OCC(F)(F)S(=O)(=O)O)(OC(=O)C(=C)C(F)(F)F)C(F)(F)F. The number of amides is 1. The van der Waals surface area contributed by atoms with Gasteiger partial charge in [0.15, 0.2) is 0 Å². The Balaban J connectivity index is 6.30. The molecule has 0 aromatic heterocycles. The second-order valence-corrected chi connectivity index (χ2v) is 6.43. The second kappa shape index (κ2) is 8.62. The Morgan fingerprint density at radius 2 is 1.55 bits per heavy atom. The fraction of sp³-hybridized carbons (Fsp3) is 0.500. The molecule has 29 heavy (non-hydrogen) atoms. The van der Waals surface area contributed by atoms with Gasteiger partial charge in [0.05, 0.1) is 0 Å². The van der Waals surface area contributed by atoms with Gasteiger partial charge in [0, 0.05) is 6.54 Å². The van der Waals surface area contributed by atoms with Crippen LogP contribution in [-0.4, -0.2) is 61.4 Å². The quantitative estimate of drug-likeness (QED) is 0.133. The van der Waals surface area contributed by atoms with Gasteiger partial charge in [0.1, 0.15) is 12.2 Å². The number of ether oxygens (including phenoxy) is 2. The van der Waals surface area contributed by atoms with E-state index in [1.54, 1.807) is 0 Å². The molecule has 168 valence electrons. The van der Waals surface area contributed by atoms with Crippen molar-refractivity contribution in [3.63, 3.8) is 0 Å². The zero-order chi connectivity index (χ0) is 23.5. The predicted molar refractivity (Wildman–Crippen MR) is 75.7 cm³/mol. The Morgan fingerprint density at radius 3 is 1.90 bits per heavy atom. The van der Waals surface area contributed by atoms with E-state index in [1.807, 2.05) is 0 Å². The summed E-state index contributed by atoms with van der Waals surface area (Å²) in [7, 11) is -6.39. The minimum absolute atomic E-state index is 0.738. The molecule has 0 aliphatic heterocycles. The summed E-state index contributed by atoms with van der Waals surface area (Å²) in [6, 6.07) is 0. The summed E-state index contributed by atoms with van der Waals surface area (Å²) >= 11 is 0. The van der Waals surface area contributed by atoms with Crippen molar-refractivity contribution in [3.05, 3.63) is 24.8 Å². The molecule has 0 aliphatic carbocycles. The molecule has 0 spiro atoms. The molecule has 0 aliphatic rings. The van der Waals surface area contributed by atoms with E-state index in [0.717, 1.165) is 6.08 Å². The van der Waals surface area contributed by atoms with Crippen LogP contribution in [0.2, 0.25) is 0 Å². The van der Waals surface area contributed by atoms with E-state index in [0.29, 0.717) is 0 Å². The summed E-state index contributed by atoms with van der Waals surface area (Å²) in [5.74, 6) is -10.7. The molecule has 0 bridgehead atoms. The lowest BCUT2D eigenvalue weighted by molar-refractivity contribution is -0.353. The van der Waals surface area contributed by atoms with Crippen LogP contribution in [0.25, 0.3) is 0 Å². The molecule has 8 nitrogen and oxygen atoms in total. The first-order chi connectivity index (χ1) is 12.7. The van der Waals surface area contributed by atoms with Crippen molar-refractivity contribution >= 4 is 22.0 Å². The fourth-order valence-electron chi connectivity index (χ4n) is 1.26. The van der Waals surface area contributed by atoms with Crippen LogP contribution >= 0.6 is 0 Å². The van der Waals surface area contributed by atoms with Crippen molar-refractivity contribution in [2.45, 2.75) is 23.4 Å². The molecule has 0 aromatic rings. The summed E-state index contributed by atoms with van der Waals surface area (Å²) in [6.45, 7) is 1.30. The number of halogens is 8. The Hall–Kier alpha value is -2.27. The maximum atomic E-state index is 13.4. The van der Waals surface area contributed by atoms with E-state index >= 15 is 0 Å². The minimum Gasteiger partial charge on any atom is -0.412 e. The number of esters is 1. The molecule has 1 atom stereocenters. The molecular weight excluding hydrogens is 454 g/mol. The normalized spacial score (nSPS) is 15.2. The third kappa shape index (κ3) is 6.36. The highest BCUT2D eigenvalue weighted by atomic mass is 32.2. The number of carbonyl (C=O) groups is 2. The lowest BCUT2D eigenvalue weighted by Gasteiger charge is -2.34. The lowest BCUT2D eigenvalue weighted by atomic mass is 10.2. The molecule has 0 saturated carbocycles. The first-order valence-corrected chi connectivity index (χ1v) is 8.11. The van der Waals surface area contributed by atoms with Gasteiger partial charge in [0.25, 0.3) is 0 Å². The standard InChI is InChI=1S/C12H11F8NO7S/c1-3-4-21-8(23)10(12(18,19)20,27-5-9(13,14)29(24,25)26)28-7(22)6(2)11(15,16)17/h3H,1-2,4-5H2,(H,21,23)(H,24,25,26). The highest BCUT2D eigenvalue weighted by Crippen LogP contribution is 2.39. The van der Waals surface area contributed by atoms with E-state index in [4.69, 9.17) is 4.55 Å². The van der Waals surface area contributed by atoms with Crippen LogP contribution in [0.1, 0.15) is 0 Å². The van der Waals surface area contributed by atoms with Crippen LogP contribution in [-0.2, 0) is 29.2 Å². The van der Waals surface area contributed by atoms with Gasteiger partial charge < -0.3 is 14.8 Å². The predicted octanol–water partition coefficient (Wildman–Crippen LogP) is 1.71. The molecule has 0 aromatic carbocycles. The van der Waals surface area contributed by atoms with Crippen molar-refractivity contribution in [2.75, 3.05) is 13.2 Å². The maximum Gasteiger partial charge on any atom is 0.466 e. The molecule has 17 heteroatoms. The van der Waals surface area contributed by atoms with Gasteiger partial charge in [-0.05, 0) is 0 Å². The Kier molecular flexibility index (Phi) is 7.94. The van der Waals surface area contributed by atoms with Crippen LogP contribution in [0, 0.1) is 0 Å². The minimum atomic E-state index is -6.39. The fourth-order valence-corrected chi connectivity index (χ4v) is 1.47. The van der Waals surface area contributed by atoms with E-state index in [2.05, 4.69) is 22.6 Å². The smallest absolute Gasteiger partial charge is 0.412 e. The van der Waals surface area contributed by atoms with Gasteiger partial charge >= 0.3 is 45.4 Å². The molecular formula is C12H11F8NO7S. The third-order valence-electron chi connectivity index (χ3n) is 2.72. The molecule has 0 fully saturated rings. The summed E-state index contributed by atoms with van der Waals surface area (Å²) in [5, 5.41) is -4.19. The summed E-state index contributed by atoms with van der Waals surface area (Å²) in [6.07, 6.45) is -11.2. The summed E-state index contributed by atoms with van der Waals surface area (Å²) in [4.78, 5) is 23.2. The Morgan fingerprint density at radius 1 is 1.07 bits per heavy atom. The van der Waals surface area contributed by atoms with E-state index in [-0.39, 0.29) is 0 Å². The van der Waals surface area contributed by atoms with Crippen molar-refractivity contribution in [1.82, 2.24) is 5.32 Å². The summed E-state index contributed by atoms with van der Waals surface area (Å²) < 4.78 is 140.